The zero-order valence-electron chi connectivity index (χ0n) is 36.1. The van der Waals surface area contributed by atoms with Crippen LogP contribution < -0.4 is 33.2 Å². The highest BCUT2D eigenvalue weighted by Gasteiger charge is 2.10. The molecule has 0 unspecified atom stereocenters. The van der Waals surface area contributed by atoms with Gasteiger partial charge in [0.05, 0.1) is 50.9 Å². The Kier molecular flexibility index (Phi) is 26.2. The predicted molar refractivity (Wildman–Crippen MR) is 321 cm³/mol. The van der Waals surface area contributed by atoms with Crippen molar-refractivity contribution in [2.24, 2.45) is 10.1 Å². The lowest BCUT2D eigenvalue weighted by Gasteiger charge is -2.11. The van der Waals surface area contributed by atoms with E-state index in [2.05, 4.69) is 128 Å². The van der Waals surface area contributed by atoms with Crippen LogP contribution in [-0.4, -0.2) is 56.9 Å². The number of nitrogen functional groups attached to an aromatic ring is 2. The highest BCUT2D eigenvalue weighted by Crippen LogP contribution is 2.28. The molecule has 7 heterocycles. The molecule has 9 aromatic rings. The summed E-state index contributed by atoms with van der Waals surface area (Å²) in [6, 6.07) is 25.8. The number of aromatic nitrogens is 7. The number of carbonyl (C=O) groups is 2. The third-order valence-corrected chi connectivity index (χ3v) is 13.2. The molecule has 7 aromatic heterocycles. The quantitative estimate of drug-likeness (QED) is 0.0708. The van der Waals surface area contributed by atoms with Gasteiger partial charge in [-0.1, -0.05) is 117 Å². The van der Waals surface area contributed by atoms with Gasteiger partial charge >= 0.3 is 0 Å². The minimum Gasteiger partial charge on any atom is -0.398 e. The molecule has 0 fully saturated rings. The van der Waals surface area contributed by atoms with Crippen molar-refractivity contribution in [1.82, 2.24) is 40.2 Å². The number of nitrogens with one attached hydrogen (secondary N) is 3. The molecule has 2 aromatic carbocycles. The zero-order chi connectivity index (χ0) is 53.6. The number of carbonyl (C=O) groups excluding carboxylic acids is 2. The second-order valence-corrected chi connectivity index (χ2v) is 21.2. The zero-order valence-corrected chi connectivity index (χ0v) is 49.5. The summed E-state index contributed by atoms with van der Waals surface area (Å²) in [7, 11) is 0. The fourth-order valence-corrected chi connectivity index (χ4v) is 8.46. The number of nitrogens with zero attached hydrogens (tertiary/aromatic N) is 8. The van der Waals surface area contributed by atoms with Crippen molar-refractivity contribution in [3.63, 3.8) is 0 Å². The molecule has 9 N–H and O–H groups in total. The molecular weight excluding hydrogens is 1360 g/mol. The Bertz CT molecular complexity index is 3280. The van der Waals surface area contributed by atoms with E-state index in [0.717, 1.165) is 29.4 Å². The van der Waals surface area contributed by atoms with Gasteiger partial charge in [0.25, 0.3) is 11.8 Å². The Morgan fingerprint density at radius 2 is 1.01 bits per heavy atom. The first-order valence-corrected chi connectivity index (χ1v) is 26.8. The van der Waals surface area contributed by atoms with Crippen LogP contribution in [0.1, 0.15) is 20.7 Å². The van der Waals surface area contributed by atoms with E-state index in [4.69, 9.17) is 99.0 Å². The molecule has 0 radical (unpaired) electrons. The number of thiocarbonyl (C=S) groups is 2. The Balaban J connectivity index is 0.000000194. The van der Waals surface area contributed by atoms with Crippen molar-refractivity contribution in [2.75, 3.05) is 22.1 Å². The van der Waals surface area contributed by atoms with Gasteiger partial charge in [-0.15, -0.1) is 15.7 Å². The second kappa shape index (κ2) is 31.4. The average molecular weight is 1390 g/mol. The minimum absolute atomic E-state index is 0.182. The molecule has 0 aliphatic heterocycles. The summed E-state index contributed by atoms with van der Waals surface area (Å²) in [5.74, 6) is -0.630. The van der Waals surface area contributed by atoms with Crippen LogP contribution in [0, 0.1) is 0 Å². The lowest BCUT2D eigenvalue weighted by atomic mass is 10.2. The topological polar surface area (TPSA) is 251 Å². The van der Waals surface area contributed by atoms with Crippen LogP contribution in [0.15, 0.2) is 140 Å². The van der Waals surface area contributed by atoms with E-state index in [1.807, 2.05) is 12.1 Å². The molecule has 16 nitrogen and oxygen atoms in total. The first-order chi connectivity index (χ1) is 34.7. The number of pyridine rings is 5. The molecular formula is C43H29Br3Cl6N14O2S5. The van der Waals surface area contributed by atoms with Gasteiger partial charge in [0, 0.05) is 78.8 Å². The van der Waals surface area contributed by atoms with Crippen LogP contribution in [0.25, 0.3) is 20.4 Å². The van der Waals surface area contributed by atoms with Gasteiger partial charge in [-0.05, 0) is 103 Å². The molecule has 0 bridgehead atoms. The number of amides is 2. The molecule has 0 atom stereocenters. The van der Waals surface area contributed by atoms with Gasteiger partial charge in [-0.2, -0.15) is 0 Å². The first kappa shape index (κ1) is 61.0. The maximum Gasteiger partial charge on any atom is 0.288 e. The number of benzene rings is 2. The summed E-state index contributed by atoms with van der Waals surface area (Å²) in [4.78, 5) is 50.1. The van der Waals surface area contributed by atoms with Gasteiger partial charge in [0.2, 0.25) is 0 Å². The van der Waals surface area contributed by atoms with Gasteiger partial charge in [-0.25, -0.2) is 34.9 Å². The highest BCUT2D eigenvalue weighted by atomic mass is 79.9. The van der Waals surface area contributed by atoms with Gasteiger partial charge in [0.15, 0.2) is 19.8 Å². The Morgan fingerprint density at radius 3 is 1.51 bits per heavy atom. The van der Waals surface area contributed by atoms with Crippen LogP contribution in [0.4, 0.5) is 22.2 Å². The van der Waals surface area contributed by atoms with E-state index in [9.17, 15) is 9.59 Å². The van der Waals surface area contributed by atoms with E-state index in [1.165, 1.54) is 22.7 Å². The van der Waals surface area contributed by atoms with E-state index in [1.54, 1.807) is 110 Å². The van der Waals surface area contributed by atoms with Crippen LogP contribution >= 0.6 is 165 Å². The molecule has 376 valence electrons. The summed E-state index contributed by atoms with van der Waals surface area (Å²) in [6.45, 7) is 0. The van der Waals surface area contributed by atoms with Crippen LogP contribution in [0.5, 0.6) is 0 Å². The molecule has 73 heavy (non-hydrogen) atoms. The molecule has 30 heteroatoms. The standard InChI is InChI=1S/C13H9BrClN3OS.C7H5NOS.C6H5BrClN3S.C6H2Cl2N2S.C6H4ClN3S.C5H4BrClN2/c14-9-7-16-11(15)6-10(9)17-13(20)18-12(19)8-4-2-1-3-5-8;9-7(8-10)6-4-2-1-3-5-6;7-3-2-10-5(8)1-4(3)11-6(9)12;2*7-5-1-3-4(2-9-5)11-6(8)10-3;6-3-2-9-5(7)1-4(3)8/h1-7H,(H2,16,17,18,19,20);1-5H;1-2H,(H3,9,10,11,12);1-2H;1-2H,(H2,8,10);1-2H,(H2,8,9). The number of anilines is 4. The summed E-state index contributed by atoms with van der Waals surface area (Å²) in [6.07, 6.45) is 8.03. The smallest absolute Gasteiger partial charge is 0.288 e. The van der Waals surface area contributed by atoms with E-state index >= 15 is 0 Å². The number of thiazole rings is 2. The van der Waals surface area contributed by atoms with Gasteiger partial charge < -0.3 is 27.8 Å². The van der Waals surface area contributed by atoms with Gasteiger partial charge in [0.1, 0.15) is 25.8 Å². The fraction of sp³-hybridized carbons (Fsp3) is 0. The molecule has 0 aliphatic rings. The van der Waals surface area contributed by atoms with Crippen LogP contribution in [-0.2, 0) is 12.4 Å². The molecule has 9 rings (SSSR count). The lowest BCUT2D eigenvalue weighted by Crippen LogP contribution is -2.34. The molecule has 0 spiro atoms. The highest BCUT2D eigenvalue weighted by molar-refractivity contribution is 9.11. The van der Waals surface area contributed by atoms with Crippen molar-refractivity contribution in [1.29, 1.82) is 0 Å². The van der Waals surface area contributed by atoms with Crippen molar-refractivity contribution in [3.05, 3.63) is 177 Å². The van der Waals surface area contributed by atoms with Crippen molar-refractivity contribution in [2.45, 2.75) is 0 Å². The van der Waals surface area contributed by atoms with E-state index in [0.29, 0.717) is 68.0 Å². The SMILES string of the molecule is Clc1cc2nc(Cl)sc2cn1.NC(=S)Nc1cc(Cl)ncc1Br.Nc1cc(Cl)ncc1Br.Nc1nc2cc(Cl)ncc2s1.O=C(N=S)c1ccccc1.O=C(NC(=S)Nc1cc(Cl)ncc1Br)c1ccccc1. The maximum atomic E-state index is 11.9. The number of halogens is 9. The monoisotopic (exact) mass is 1380 g/mol. The van der Waals surface area contributed by atoms with Crippen molar-refractivity contribution < 1.29 is 9.59 Å². The third-order valence-electron chi connectivity index (χ3n) is 7.84. The summed E-state index contributed by atoms with van der Waals surface area (Å²) >= 11 is 60.4. The molecule has 0 aliphatic carbocycles. The number of hydrogen-bond donors (Lipinski definition) is 6. The Morgan fingerprint density at radius 1 is 0.575 bits per heavy atom. The summed E-state index contributed by atoms with van der Waals surface area (Å²) < 4.78 is 7.77. The maximum absolute atomic E-state index is 11.9. The molecule has 0 saturated carbocycles. The number of fused-ring (bicyclic) bond motifs is 2. The normalized spacial score (nSPS) is 9.88. The number of rotatable bonds is 4. The second-order valence-electron chi connectivity index (χ2n) is 13.0. The minimum atomic E-state index is -0.351. The third kappa shape index (κ3) is 22.1. The number of nitrogens with two attached hydrogens (primary N) is 3. The Hall–Kier alpha value is -4.51. The molecule has 0 saturated heterocycles. The van der Waals surface area contributed by atoms with Crippen LogP contribution in [0.3, 0.4) is 0 Å². The van der Waals surface area contributed by atoms with E-state index < -0.39 is 0 Å². The largest absolute Gasteiger partial charge is 0.398 e. The first-order valence-electron chi connectivity index (χ1n) is 19.3. The fourth-order valence-electron chi connectivity index (χ4n) is 4.74. The number of hydrogen-bond acceptors (Lipinski definition) is 16. The molecule has 2 amide bonds. The van der Waals surface area contributed by atoms with E-state index in [-0.39, 0.29) is 22.0 Å². The van der Waals surface area contributed by atoms with Crippen molar-refractivity contribution in [3.8, 4) is 0 Å². The lowest BCUT2D eigenvalue weighted by molar-refractivity contribution is 0.0975. The summed E-state index contributed by atoms with van der Waals surface area (Å²) in [5.41, 5.74) is 20.8. The van der Waals surface area contributed by atoms with Gasteiger partial charge in [-0.3, -0.25) is 14.9 Å². The van der Waals surface area contributed by atoms with Crippen LogP contribution in [0.2, 0.25) is 30.2 Å². The Labute approximate surface area is 495 Å². The van der Waals surface area contributed by atoms with Crippen molar-refractivity contribution >= 4 is 242 Å². The average Bonchev–Trinajstić information content (AvgIpc) is 3.93. The summed E-state index contributed by atoms with van der Waals surface area (Å²) in [5, 5.41) is 11.2. The predicted octanol–water partition coefficient (Wildman–Crippen LogP) is 14.3.